The van der Waals surface area contributed by atoms with E-state index in [1.54, 1.807) is 26.0 Å². The van der Waals surface area contributed by atoms with Crippen LogP contribution in [0.1, 0.15) is 35.9 Å². The Balaban J connectivity index is 1.56. The molecule has 9 nitrogen and oxygen atoms in total. The first-order valence-electron chi connectivity index (χ1n) is 10.6. The molecule has 0 fully saturated rings. The highest BCUT2D eigenvalue weighted by molar-refractivity contribution is 6.00. The number of nitrogens with two attached hydrogens (primary N) is 1. The average molecular weight is 447 g/mol. The molecule has 0 saturated carbocycles. The van der Waals surface area contributed by atoms with Crippen molar-refractivity contribution in [3.63, 3.8) is 0 Å². The molecule has 3 aromatic rings. The standard InChI is InChI=1S/C24H25N5O4/c1-31-16-7-4-13(5-8-16)22-21-17(26-24-27-23(25)28-29(22)24)10-15(11-18(21)30)14-6-9-19(32-2)20(12-14)33-3/h4-9,12,15,22H,10-11H2,1-3H3,(H3,25,26,27,28)/t15-,22-/m1/s1. The Morgan fingerprint density at radius 2 is 1.70 bits per heavy atom. The Kier molecular flexibility index (Phi) is 5.16. The number of carbonyl (C=O) groups excluding carboxylic acids is 1. The fraction of sp³-hybridized carbons (Fsp3) is 0.292. The molecule has 2 aliphatic rings. The van der Waals surface area contributed by atoms with Gasteiger partial charge in [-0.2, -0.15) is 4.98 Å². The molecule has 0 saturated heterocycles. The lowest BCUT2D eigenvalue weighted by molar-refractivity contribution is -0.116. The predicted molar refractivity (Wildman–Crippen MR) is 123 cm³/mol. The highest BCUT2D eigenvalue weighted by atomic mass is 16.5. The molecule has 2 heterocycles. The lowest BCUT2D eigenvalue weighted by atomic mass is 9.78. The lowest BCUT2D eigenvalue weighted by Crippen LogP contribution is -2.33. The van der Waals surface area contributed by atoms with Gasteiger partial charge in [-0.05, 0) is 47.7 Å². The summed E-state index contributed by atoms with van der Waals surface area (Å²) in [6.07, 6.45) is 1.03. The minimum atomic E-state index is -0.411. The van der Waals surface area contributed by atoms with Crippen LogP contribution in [0.3, 0.4) is 0 Å². The van der Waals surface area contributed by atoms with E-state index in [0.717, 1.165) is 22.6 Å². The number of carbonyl (C=O) groups is 1. The van der Waals surface area contributed by atoms with Crippen LogP contribution in [-0.2, 0) is 4.79 Å². The first-order valence-corrected chi connectivity index (χ1v) is 10.6. The Labute approximate surface area is 191 Å². The van der Waals surface area contributed by atoms with Crippen molar-refractivity contribution in [2.75, 3.05) is 32.4 Å². The van der Waals surface area contributed by atoms with E-state index >= 15 is 0 Å². The minimum absolute atomic E-state index is 0.00751. The van der Waals surface area contributed by atoms with Crippen LogP contribution in [0.2, 0.25) is 0 Å². The number of methoxy groups -OCH3 is 3. The normalized spacial score (nSPS) is 19.4. The Morgan fingerprint density at radius 3 is 2.39 bits per heavy atom. The van der Waals surface area contributed by atoms with Crippen molar-refractivity contribution in [3.8, 4) is 17.2 Å². The number of anilines is 2. The second kappa shape index (κ2) is 8.16. The number of hydrogen-bond donors (Lipinski definition) is 2. The topological polar surface area (TPSA) is 114 Å². The highest BCUT2D eigenvalue weighted by Gasteiger charge is 2.39. The summed E-state index contributed by atoms with van der Waals surface area (Å²) in [5.74, 6) is 2.76. The average Bonchev–Trinajstić information content (AvgIpc) is 3.21. The number of nitrogens with one attached hydrogen (secondary N) is 1. The van der Waals surface area contributed by atoms with E-state index in [-0.39, 0.29) is 17.6 Å². The molecule has 170 valence electrons. The maximum atomic E-state index is 13.5. The third-order valence-electron chi connectivity index (χ3n) is 6.25. The van der Waals surface area contributed by atoms with Gasteiger partial charge in [0.1, 0.15) is 11.8 Å². The summed E-state index contributed by atoms with van der Waals surface area (Å²) < 4.78 is 17.8. The molecule has 33 heavy (non-hydrogen) atoms. The molecule has 1 aliphatic heterocycles. The Morgan fingerprint density at radius 1 is 0.970 bits per heavy atom. The number of ether oxygens (including phenoxy) is 3. The minimum Gasteiger partial charge on any atom is -0.497 e. The van der Waals surface area contributed by atoms with Crippen LogP contribution < -0.4 is 25.3 Å². The number of ketones is 1. The van der Waals surface area contributed by atoms with E-state index in [9.17, 15) is 4.79 Å². The third-order valence-corrected chi connectivity index (χ3v) is 6.25. The summed E-state index contributed by atoms with van der Waals surface area (Å²) >= 11 is 0. The van der Waals surface area contributed by atoms with E-state index in [1.165, 1.54) is 0 Å². The van der Waals surface area contributed by atoms with Gasteiger partial charge >= 0.3 is 0 Å². The molecule has 2 atom stereocenters. The van der Waals surface area contributed by atoms with Crippen molar-refractivity contribution < 1.29 is 19.0 Å². The molecular formula is C24H25N5O4. The largest absolute Gasteiger partial charge is 0.497 e. The zero-order valence-electron chi connectivity index (χ0n) is 18.7. The van der Waals surface area contributed by atoms with E-state index < -0.39 is 6.04 Å². The fourth-order valence-electron chi connectivity index (χ4n) is 4.67. The molecule has 1 aliphatic carbocycles. The number of allylic oxidation sites excluding steroid dienone is 2. The number of rotatable bonds is 5. The number of nitrogen functional groups attached to an aromatic ring is 1. The summed E-state index contributed by atoms with van der Waals surface area (Å²) in [5, 5.41) is 7.68. The van der Waals surface area contributed by atoms with Crippen molar-refractivity contribution in [1.82, 2.24) is 14.8 Å². The van der Waals surface area contributed by atoms with Crippen LogP contribution in [-0.4, -0.2) is 41.9 Å². The summed E-state index contributed by atoms with van der Waals surface area (Å²) in [4.78, 5) is 17.9. The summed E-state index contributed by atoms with van der Waals surface area (Å²) in [5.41, 5.74) is 9.37. The molecule has 1 aromatic heterocycles. The fourth-order valence-corrected chi connectivity index (χ4v) is 4.67. The van der Waals surface area contributed by atoms with Crippen molar-refractivity contribution in [3.05, 3.63) is 64.9 Å². The summed E-state index contributed by atoms with van der Waals surface area (Å²) in [6.45, 7) is 0. The van der Waals surface area contributed by atoms with Crippen molar-refractivity contribution in [2.24, 2.45) is 0 Å². The first-order chi connectivity index (χ1) is 16.0. The van der Waals surface area contributed by atoms with Gasteiger partial charge in [-0.15, -0.1) is 5.10 Å². The summed E-state index contributed by atoms with van der Waals surface area (Å²) in [6, 6.07) is 13.0. The SMILES string of the molecule is COc1ccc([C@@H]2C3=C(C[C@@H](c4ccc(OC)c(OC)c4)CC3=O)Nc3nc(N)nn32)cc1. The Hall–Kier alpha value is -4.01. The molecule has 0 bridgehead atoms. The van der Waals surface area contributed by atoms with Crippen LogP contribution in [0, 0.1) is 0 Å². The monoisotopic (exact) mass is 447 g/mol. The number of benzene rings is 2. The van der Waals surface area contributed by atoms with Gasteiger partial charge in [0, 0.05) is 17.7 Å². The van der Waals surface area contributed by atoms with Gasteiger partial charge in [0.05, 0.1) is 21.3 Å². The van der Waals surface area contributed by atoms with E-state index in [2.05, 4.69) is 15.4 Å². The molecule has 9 heteroatoms. The Bertz CT molecular complexity index is 1250. The lowest BCUT2D eigenvalue weighted by Gasteiger charge is -2.35. The number of nitrogens with zero attached hydrogens (tertiary/aromatic N) is 3. The van der Waals surface area contributed by atoms with Gasteiger partial charge < -0.3 is 25.3 Å². The molecule has 5 rings (SSSR count). The maximum absolute atomic E-state index is 13.5. The number of aromatic nitrogens is 3. The van der Waals surface area contributed by atoms with Gasteiger partial charge in [0.25, 0.3) is 0 Å². The number of fused-ring (bicyclic) bond motifs is 1. The number of Topliss-reactive ketones (excluding diaryl/α,β-unsaturated/α-hetero) is 1. The van der Waals surface area contributed by atoms with Gasteiger partial charge in [0.15, 0.2) is 17.3 Å². The molecule has 0 spiro atoms. The molecule has 3 N–H and O–H groups in total. The van der Waals surface area contributed by atoms with E-state index in [0.29, 0.717) is 35.9 Å². The van der Waals surface area contributed by atoms with Crippen LogP contribution in [0.4, 0.5) is 11.9 Å². The smallest absolute Gasteiger partial charge is 0.241 e. The summed E-state index contributed by atoms with van der Waals surface area (Å²) in [7, 11) is 4.83. The number of hydrogen-bond acceptors (Lipinski definition) is 8. The van der Waals surface area contributed by atoms with Gasteiger partial charge in [-0.1, -0.05) is 18.2 Å². The molecule has 0 amide bonds. The van der Waals surface area contributed by atoms with E-state index in [1.807, 2.05) is 42.5 Å². The highest BCUT2D eigenvalue weighted by Crippen LogP contribution is 2.45. The van der Waals surface area contributed by atoms with Crippen molar-refractivity contribution in [2.45, 2.75) is 24.8 Å². The van der Waals surface area contributed by atoms with Crippen LogP contribution in [0.5, 0.6) is 17.2 Å². The second-order valence-electron chi connectivity index (χ2n) is 8.07. The van der Waals surface area contributed by atoms with Crippen LogP contribution in [0.15, 0.2) is 53.7 Å². The van der Waals surface area contributed by atoms with E-state index in [4.69, 9.17) is 19.9 Å². The quantitative estimate of drug-likeness (QED) is 0.613. The van der Waals surface area contributed by atoms with Crippen LogP contribution in [0.25, 0.3) is 0 Å². The zero-order chi connectivity index (χ0) is 23.1. The van der Waals surface area contributed by atoms with Crippen LogP contribution >= 0.6 is 0 Å². The van der Waals surface area contributed by atoms with Crippen molar-refractivity contribution in [1.29, 1.82) is 0 Å². The third kappa shape index (κ3) is 3.55. The van der Waals surface area contributed by atoms with Gasteiger partial charge in [-0.3, -0.25) is 4.79 Å². The second-order valence-corrected chi connectivity index (χ2v) is 8.07. The predicted octanol–water partition coefficient (Wildman–Crippen LogP) is 3.30. The van der Waals surface area contributed by atoms with Gasteiger partial charge in [0.2, 0.25) is 11.9 Å². The first kappa shape index (κ1) is 20.9. The molecule has 0 unspecified atom stereocenters. The zero-order valence-corrected chi connectivity index (χ0v) is 18.7. The molecular weight excluding hydrogens is 422 g/mol. The maximum Gasteiger partial charge on any atom is 0.241 e. The molecule has 0 radical (unpaired) electrons. The molecule has 2 aromatic carbocycles. The van der Waals surface area contributed by atoms with Crippen molar-refractivity contribution >= 4 is 17.7 Å². The van der Waals surface area contributed by atoms with Gasteiger partial charge in [-0.25, -0.2) is 4.68 Å².